The van der Waals surface area contributed by atoms with Crippen molar-refractivity contribution in [2.75, 3.05) is 0 Å². The molecule has 0 fully saturated rings. The lowest BCUT2D eigenvalue weighted by atomic mass is 10.1. The number of aromatic nitrogens is 1. The molecule has 0 aliphatic carbocycles. The maximum Gasteiger partial charge on any atom is 0.337 e. The highest BCUT2D eigenvalue weighted by molar-refractivity contribution is 5.98. The van der Waals surface area contributed by atoms with E-state index in [-0.39, 0.29) is 23.3 Å². The largest absolute Gasteiger partial charge is 0.478 e. The van der Waals surface area contributed by atoms with Gasteiger partial charge in [-0.2, -0.15) is 0 Å². The van der Waals surface area contributed by atoms with Crippen LogP contribution in [0.5, 0.6) is 0 Å². The predicted octanol–water partition coefficient (Wildman–Crippen LogP) is 3.15. The van der Waals surface area contributed by atoms with Crippen LogP contribution in [0, 0.1) is 5.82 Å². The second-order valence-corrected chi connectivity index (χ2v) is 6.05. The minimum atomic E-state index is -1.01. The van der Waals surface area contributed by atoms with Crippen LogP contribution in [0.15, 0.2) is 30.3 Å². The number of hydrogen-bond acceptors (Lipinski definition) is 2. The van der Waals surface area contributed by atoms with E-state index in [1.807, 2.05) is 6.92 Å². The van der Waals surface area contributed by atoms with Crippen LogP contribution in [0.4, 0.5) is 4.39 Å². The maximum atomic E-state index is 13.0. The minimum Gasteiger partial charge on any atom is -0.478 e. The molecule has 0 unspecified atom stereocenters. The number of rotatable bonds is 4. The summed E-state index contributed by atoms with van der Waals surface area (Å²) in [6.07, 6.45) is 2.52. The highest BCUT2D eigenvalue weighted by Crippen LogP contribution is 2.24. The number of benzene rings is 1. The van der Waals surface area contributed by atoms with Gasteiger partial charge < -0.3 is 15.0 Å². The lowest BCUT2D eigenvalue weighted by Crippen LogP contribution is -2.29. The molecule has 0 saturated heterocycles. The number of nitrogens with one attached hydrogen (secondary N) is 1. The van der Waals surface area contributed by atoms with E-state index in [1.165, 1.54) is 18.2 Å². The fourth-order valence-electron chi connectivity index (χ4n) is 3.15. The average molecular weight is 330 g/mol. The number of carboxylic acids is 1. The van der Waals surface area contributed by atoms with Gasteiger partial charge in [-0.3, -0.25) is 4.79 Å². The second kappa shape index (κ2) is 6.47. The van der Waals surface area contributed by atoms with E-state index in [0.29, 0.717) is 24.4 Å². The van der Waals surface area contributed by atoms with Gasteiger partial charge in [0.15, 0.2) is 0 Å². The van der Waals surface area contributed by atoms with Crippen molar-refractivity contribution >= 4 is 11.9 Å². The Labute approximate surface area is 139 Å². The van der Waals surface area contributed by atoms with Crippen molar-refractivity contribution in [3.8, 4) is 0 Å². The molecule has 0 bridgehead atoms. The van der Waals surface area contributed by atoms with Crippen LogP contribution >= 0.6 is 0 Å². The quantitative estimate of drug-likeness (QED) is 0.904. The molecule has 3 rings (SSSR count). The number of carboxylic acid groups (broad SMARTS) is 1. The Morgan fingerprint density at radius 3 is 2.62 bits per heavy atom. The summed E-state index contributed by atoms with van der Waals surface area (Å²) >= 11 is 0. The topological polar surface area (TPSA) is 71.3 Å². The van der Waals surface area contributed by atoms with E-state index >= 15 is 0 Å². The van der Waals surface area contributed by atoms with Crippen molar-refractivity contribution in [3.05, 3.63) is 58.7 Å². The first kappa shape index (κ1) is 16.2. The molecule has 5 nitrogen and oxygen atoms in total. The Kier molecular flexibility index (Phi) is 4.38. The monoisotopic (exact) mass is 330 g/mol. The molecule has 1 aliphatic heterocycles. The normalized spacial score (nSPS) is 14.8. The molecule has 1 aliphatic rings. The smallest absolute Gasteiger partial charge is 0.337 e. The molecule has 0 spiro atoms. The van der Waals surface area contributed by atoms with Crippen LogP contribution in [0.25, 0.3) is 0 Å². The first-order chi connectivity index (χ1) is 11.5. The Bertz CT molecular complexity index is 780. The lowest BCUT2D eigenvalue weighted by Gasteiger charge is -2.19. The third-order valence-corrected chi connectivity index (χ3v) is 4.43. The Morgan fingerprint density at radius 2 is 1.96 bits per heavy atom. The van der Waals surface area contributed by atoms with Gasteiger partial charge in [0.05, 0.1) is 11.6 Å². The third-order valence-electron chi connectivity index (χ3n) is 4.43. The van der Waals surface area contributed by atoms with Gasteiger partial charge in [-0.25, -0.2) is 9.18 Å². The Hall–Kier alpha value is -2.63. The Balaban J connectivity index is 1.85. The lowest BCUT2D eigenvalue weighted by molar-refractivity contribution is 0.0695. The molecule has 0 saturated carbocycles. The van der Waals surface area contributed by atoms with Gasteiger partial charge in [0, 0.05) is 12.2 Å². The fourth-order valence-corrected chi connectivity index (χ4v) is 3.15. The zero-order chi connectivity index (χ0) is 17.3. The van der Waals surface area contributed by atoms with E-state index in [4.69, 9.17) is 0 Å². The highest BCUT2D eigenvalue weighted by atomic mass is 19.1. The molecule has 24 heavy (non-hydrogen) atoms. The van der Waals surface area contributed by atoms with Gasteiger partial charge in [0.2, 0.25) is 0 Å². The molecule has 0 radical (unpaired) electrons. The number of carbonyl (C=O) groups excluding carboxylic acids is 1. The van der Waals surface area contributed by atoms with Crippen LogP contribution in [0.2, 0.25) is 0 Å². The molecule has 1 amide bonds. The van der Waals surface area contributed by atoms with Gasteiger partial charge in [0.1, 0.15) is 11.5 Å². The van der Waals surface area contributed by atoms with Gasteiger partial charge in [-0.15, -0.1) is 0 Å². The van der Waals surface area contributed by atoms with Crippen molar-refractivity contribution in [3.63, 3.8) is 0 Å². The summed E-state index contributed by atoms with van der Waals surface area (Å²) in [5.41, 5.74) is 2.08. The number of aromatic carboxylic acids is 1. The van der Waals surface area contributed by atoms with Gasteiger partial charge in [-0.1, -0.05) is 12.1 Å². The molecular formula is C18H19FN2O3. The van der Waals surface area contributed by atoms with E-state index in [0.717, 1.165) is 18.4 Å². The maximum absolute atomic E-state index is 13.0. The average Bonchev–Trinajstić information content (AvgIpc) is 2.95. The number of halogens is 1. The van der Waals surface area contributed by atoms with Crippen molar-refractivity contribution in [1.82, 2.24) is 9.88 Å². The second-order valence-electron chi connectivity index (χ2n) is 6.05. The number of nitrogens with zero attached hydrogens (tertiary/aromatic N) is 1. The fraction of sp³-hybridized carbons (Fsp3) is 0.333. The Morgan fingerprint density at radius 1 is 1.25 bits per heavy atom. The van der Waals surface area contributed by atoms with Crippen LogP contribution in [-0.4, -0.2) is 21.6 Å². The van der Waals surface area contributed by atoms with Crippen molar-refractivity contribution < 1.29 is 19.1 Å². The zero-order valence-electron chi connectivity index (χ0n) is 13.4. The summed E-state index contributed by atoms with van der Waals surface area (Å²) in [6, 6.07) is 7.09. The van der Waals surface area contributed by atoms with Crippen LogP contribution in [-0.2, 0) is 13.0 Å². The first-order valence-electron chi connectivity index (χ1n) is 7.99. The number of carbonyl (C=O) groups is 2. The number of amides is 1. The highest BCUT2D eigenvalue weighted by Gasteiger charge is 2.25. The summed E-state index contributed by atoms with van der Waals surface area (Å²) in [5, 5.41) is 12.2. The zero-order valence-corrected chi connectivity index (χ0v) is 13.4. The summed E-state index contributed by atoms with van der Waals surface area (Å²) in [7, 11) is 0. The summed E-state index contributed by atoms with van der Waals surface area (Å²) < 4.78 is 14.8. The first-order valence-corrected chi connectivity index (χ1v) is 7.99. The SMILES string of the molecule is C[C@H](NC(=O)c1cc(C(=O)O)c2n1CCCC2)c1ccc(F)cc1. The molecule has 1 aromatic carbocycles. The van der Waals surface area contributed by atoms with Crippen LogP contribution in [0.1, 0.15) is 57.9 Å². The number of hydrogen-bond donors (Lipinski definition) is 2. The van der Waals surface area contributed by atoms with E-state index in [2.05, 4.69) is 5.32 Å². The van der Waals surface area contributed by atoms with Crippen molar-refractivity contribution in [2.45, 2.75) is 38.8 Å². The standard InChI is InChI=1S/C18H19FN2O3/c1-11(12-5-7-13(19)8-6-12)20-17(22)16-10-14(18(23)24)15-4-2-3-9-21(15)16/h5-8,10-11H,2-4,9H2,1H3,(H,20,22)(H,23,24)/t11-/m0/s1. The van der Waals surface area contributed by atoms with Gasteiger partial charge >= 0.3 is 5.97 Å². The van der Waals surface area contributed by atoms with Crippen molar-refractivity contribution in [2.24, 2.45) is 0 Å². The molecule has 126 valence electrons. The van der Waals surface area contributed by atoms with E-state index in [1.54, 1.807) is 16.7 Å². The molecular weight excluding hydrogens is 311 g/mol. The van der Waals surface area contributed by atoms with Gasteiger partial charge in [-0.05, 0) is 49.9 Å². The van der Waals surface area contributed by atoms with E-state index in [9.17, 15) is 19.1 Å². The third kappa shape index (κ3) is 3.04. The summed E-state index contributed by atoms with van der Waals surface area (Å²) in [4.78, 5) is 24.0. The minimum absolute atomic E-state index is 0.203. The van der Waals surface area contributed by atoms with Gasteiger partial charge in [0.25, 0.3) is 5.91 Å². The molecule has 1 atom stereocenters. The summed E-state index contributed by atoms with van der Waals surface area (Å²) in [6.45, 7) is 2.46. The van der Waals surface area contributed by atoms with Crippen LogP contribution in [0.3, 0.4) is 0 Å². The van der Waals surface area contributed by atoms with Crippen LogP contribution < -0.4 is 5.32 Å². The molecule has 2 N–H and O–H groups in total. The predicted molar refractivity (Wildman–Crippen MR) is 86.6 cm³/mol. The van der Waals surface area contributed by atoms with Crippen molar-refractivity contribution in [1.29, 1.82) is 0 Å². The molecule has 2 aromatic rings. The number of fused-ring (bicyclic) bond motifs is 1. The molecule has 6 heteroatoms. The molecule has 2 heterocycles. The van der Waals surface area contributed by atoms with E-state index < -0.39 is 5.97 Å². The summed E-state index contributed by atoms with van der Waals surface area (Å²) in [5.74, 6) is -1.65. The molecule has 1 aromatic heterocycles.